The summed E-state index contributed by atoms with van der Waals surface area (Å²) in [7, 11) is 0. The van der Waals surface area contributed by atoms with Crippen LogP contribution in [0, 0.1) is 11.3 Å². The van der Waals surface area contributed by atoms with E-state index in [-0.39, 0.29) is 5.41 Å². The Kier molecular flexibility index (Phi) is 9.65. The first-order valence-electron chi connectivity index (χ1n) is 7.94. The van der Waals surface area contributed by atoms with E-state index in [1.807, 2.05) is 12.2 Å². The van der Waals surface area contributed by atoms with Crippen LogP contribution in [0.3, 0.4) is 0 Å². The molecule has 0 aromatic carbocycles. The highest BCUT2D eigenvalue weighted by molar-refractivity contribution is 5.12. The quantitative estimate of drug-likeness (QED) is 0.287. The van der Waals surface area contributed by atoms with Crippen molar-refractivity contribution in [2.45, 2.75) is 72.6 Å². The van der Waals surface area contributed by atoms with Gasteiger partial charge in [-0.1, -0.05) is 57.9 Å². The molecule has 0 aromatic heterocycles. The number of hydrogen-bond acceptors (Lipinski definition) is 0. The summed E-state index contributed by atoms with van der Waals surface area (Å²) in [5.41, 5.74) is 1.90. The van der Waals surface area contributed by atoms with Gasteiger partial charge in [0.1, 0.15) is 0 Å². The lowest BCUT2D eigenvalue weighted by molar-refractivity contribution is 0.452. The van der Waals surface area contributed by atoms with Crippen LogP contribution in [0.1, 0.15) is 72.6 Å². The fraction of sp³-hybridized carbons (Fsp3) is 0.684. The van der Waals surface area contributed by atoms with E-state index in [0.717, 1.165) is 18.8 Å². The molecule has 0 amide bonds. The highest BCUT2D eigenvalue weighted by Crippen LogP contribution is 2.31. The van der Waals surface area contributed by atoms with Crippen LogP contribution in [0.5, 0.6) is 0 Å². The Morgan fingerprint density at radius 1 is 1.11 bits per heavy atom. The zero-order valence-corrected chi connectivity index (χ0v) is 13.7. The van der Waals surface area contributed by atoms with E-state index < -0.39 is 0 Å². The molecule has 0 saturated carbocycles. The number of unbranched alkanes of at least 4 members (excludes halogenated alkanes) is 2. The summed E-state index contributed by atoms with van der Waals surface area (Å²) in [6.45, 7) is 16.9. The van der Waals surface area contributed by atoms with Crippen LogP contribution in [0.2, 0.25) is 0 Å². The minimum Gasteiger partial charge on any atom is -0.103 e. The van der Waals surface area contributed by atoms with Gasteiger partial charge >= 0.3 is 0 Å². The second kappa shape index (κ2) is 10.1. The average Bonchev–Trinajstić information content (AvgIpc) is 2.36. The van der Waals surface area contributed by atoms with Gasteiger partial charge in [-0.05, 0) is 49.9 Å². The van der Waals surface area contributed by atoms with Crippen LogP contribution in [0.25, 0.3) is 0 Å². The molecule has 0 spiro atoms. The minimum absolute atomic E-state index is 0.252. The van der Waals surface area contributed by atoms with E-state index in [0.29, 0.717) is 0 Å². The smallest absolute Gasteiger partial charge is 0.0138 e. The van der Waals surface area contributed by atoms with Crippen molar-refractivity contribution in [1.29, 1.82) is 0 Å². The maximum Gasteiger partial charge on any atom is -0.0138 e. The number of allylic oxidation sites excluding steroid dienone is 4. The Labute approximate surface area is 121 Å². The lowest BCUT2D eigenvalue weighted by Gasteiger charge is -2.25. The Balaban J connectivity index is 4.63. The van der Waals surface area contributed by atoms with Crippen molar-refractivity contribution >= 4 is 0 Å². The molecule has 110 valence electrons. The van der Waals surface area contributed by atoms with Gasteiger partial charge in [-0.25, -0.2) is 0 Å². The largest absolute Gasteiger partial charge is 0.103 e. The summed E-state index contributed by atoms with van der Waals surface area (Å²) >= 11 is 0. The Morgan fingerprint density at radius 2 is 1.79 bits per heavy atom. The summed E-state index contributed by atoms with van der Waals surface area (Å²) < 4.78 is 0. The van der Waals surface area contributed by atoms with Crippen molar-refractivity contribution in [3.8, 4) is 0 Å². The van der Waals surface area contributed by atoms with E-state index in [1.165, 1.54) is 32.1 Å². The van der Waals surface area contributed by atoms with Crippen molar-refractivity contribution in [3.63, 3.8) is 0 Å². The van der Waals surface area contributed by atoms with Crippen molar-refractivity contribution in [3.05, 3.63) is 37.0 Å². The van der Waals surface area contributed by atoms with E-state index in [4.69, 9.17) is 0 Å². The van der Waals surface area contributed by atoms with Gasteiger partial charge in [0.05, 0.1) is 0 Å². The molecule has 19 heavy (non-hydrogen) atoms. The second-order valence-electron chi connectivity index (χ2n) is 6.23. The first-order valence-corrected chi connectivity index (χ1v) is 7.94. The first-order chi connectivity index (χ1) is 9.00. The molecular weight excluding hydrogens is 228 g/mol. The second-order valence-corrected chi connectivity index (χ2v) is 6.23. The topological polar surface area (TPSA) is 0 Å². The Bertz CT molecular complexity index is 280. The molecule has 0 aliphatic heterocycles. The van der Waals surface area contributed by atoms with Crippen molar-refractivity contribution in [1.82, 2.24) is 0 Å². The van der Waals surface area contributed by atoms with Gasteiger partial charge in [0.15, 0.2) is 0 Å². The maximum absolute atomic E-state index is 3.88. The van der Waals surface area contributed by atoms with Gasteiger partial charge in [0.25, 0.3) is 0 Å². The van der Waals surface area contributed by atoms with Crippen LogP contribution < -0.4 is 0 Å². The Hall–Kier alpha value is -0.780. The minimum atomic E-state index is 0.252. The third kappa shape index (κ3) is 8.08. The molecule has 0 aliphatic carbocycles. The van der Waals surface area contributed by atoms with Crippen LogP contribution in [-0.4, -0.2) is 0 Å². The summed E-state index contributed by atoms with van der Waals surface area (Å²) in [6.07, 6.45) is 15.2. The molecule has 0 bridgehead atoms. The molecule has 0 heteroatoms. The molecule has 0 nitrogen and oxygen atoms in total. The maximum atomic E-state index is 3.88. The molecule has 0 radical (unpaired) electrons. The first kappa shape index (κ1) is 18.2. The molecular formula is C19H34. The average molecular weight is 262 g/mol. The zero-order chi connectivity index (χ0) is 14.7. The predicted octanol–water partition coefficient (Wildman–Crippen LogP) is 6.70. The van der Waals surface area contributed by atoms with E-state index in [9.17, 15) is 0 Å². The van der Waals surface area contributed by atoms with Crippen molar-refractivity contribution < 1.29 is 0 Å². The van der Waals surface area contributed by atoms with Crippen molar-refractivity contribution in [2.24, 2.45) is 11.3 Å². The molecule has 0 saturated heterocycles. The number of rotatable bonds is 11. The zero-order valence-electron chi connectivity index (χ0n) is 13.7. The van der Waals surface area contributed by atoms with Crippen molar-refractivity contribution in [2.75, 3.05) is 0 Å². The van der Waals surface area contributed by atoms with E-state index >= 15 is 0 Å². The van der Waals surface area contributed by atoms with Crippen LogP contribution in [-0.2, 0) is 0 Å². The molecule has 1 atom stereocenters. The predicted molar refractivity (Wildman–Crippen MR) is 89.4 cm³/mol. The Morgan fingerprint density at radius 3 is 2.26 bits per heavy atom. The number of hydrogen-bond donors (Lipinski definition) is 0. The highest BCUT2D eigenvalue weighted by Gasteiger charge is 2.17. The molecule has 0 heterocycles. The molecule has 0 aromatic rings. The fourth-order valence-electron chi connectivity index (χ4n) is 2.77. The fourth-order valence-corrected chi connectivity index (χ4v) is 2.77. The third-order valence-electron chi connectivity index (χ3n) is 3.88. The molecule has 1 unspecified atom stereocenters. The van der Waals surface area contributed by atoms with Gasteiger partial charge < -0.3 is 0 Å². The molecule has 0 fully saturated rings. The van der Waals surface area contributed by atoms with Gasteiger partial charge in [0.2, 0.25) is 0 Å². The molecule has 0 rings (SSSR count). The van der Waals surface area contributed by atoms with E-state index in [2.05, 4.69) is 46.9 Å². The van der Waals surface area contributed by atoms with Crippen LogP contribution in [0.15, 0.2) is 37.0 Å². The van der Waals surface area contributed by atoms with Crippen LogP contribution in [0.4, 0.5) is 0 Å². The van der Waals surface area contributed by atoms with Gasteiger partial charge in [0, 0.05) is 0 Å². The van der Waals surface area contributed by atoms with Gasteiger partial charge in [-0.3, -0.25) is 0 Å². The lowest BCUT2D eigenvalue weighted by Crippen LogP contribution is -2.11. The monoisotopic (exact) mass is 262 g/mol. The third-order valence-corrected chi connectivity index (χ3v) is 3.88. The van der Waals surface area contributed by atoms with E-state index in [1.54, 1.807) is 5.57 Å². The SMILES string of the molecule is C=CCCCCC(CC)C(=CC(C)(C)CC=C)CC. The summed E-state index contributed by atoms with van der Waals surface area (Å²) in [5, 5.41) is 0. The van der Waals surface area contributed by atoms with Gasteiger partial charge in [-0.2, -0.15) is 0 Å². The molecule has 0 aliphatic rings. The van der Waals surface area contributed by atoms with Crippen LogP contribution >= 0.6 is 0 Å². The van der Waals surface area contributed by atoms with Gasteiger partial charge in [-0.15, -0.1) is 13.2 Å². The normalized spacial score (nSPS) is 14.2. The summed E-state index contributed by atoms with van der Waals surface area (Å²) in [4.78, 5) is 0. The summed E-state index contributed by atoms with van der Waals surface area (Å²) in [6, 6.07) is 0. The summed E-state index contributed by atoms with van der Waals surface area (Å²) in [5.74, 6) is 0.763. The molecule has 0 N–H and O–H groups in total. The highest BCUT2D eigenvalue weighted by atomic mass is 14.2. The standard InChI is InChI=1S/C19H34/c1-7-11-12-13-14-17(9-3)18(10-4)16-19(5,6)15-8-2/h7-8,16-17H,1-2,9-15H2,3-6H3. The lowest BCUT2D eigenvalue weighted by atomic mass is 9.81.